The van der Waals surface area contributed by atoms with Crippen LogP contribution in [-0.2, 0) is 20.0 Å². The molecule has 2 rings (SSSR count). The second-order valence-electron chi connectivity index (χ2n) is 5.39. The Morgan fingerprint density at radius 1 is 1.10 bits per heavy atom. The van der Waals surface area contributed by atoms with Crippen molar-refractivity contribution in [2.45, 2.75) is 39.7 Å². The molecule has 3 heteroatoms. The van der Waals surface area contributed by atoms with E-state index in [4.69, 9.17) is 0 Å². The number of rotatable bonds is 7. The summed E-state index contributed by atoms with van der Waals surface area (Å²) >= 11 is 0. The van der Waals surface area contributed by atoms with Gasteiger partial charge >= 0.3 is 0 Å². The summed E-state index contributed by atoms with van der Waals surface area (Å²) < 4.78 is 1.96. The molecule has 1 aromatic heterocycles. The first kappa shape index (κ1) is 14.8. The molecule has 0 aliphatic rings. The normalized spacial score (nSPS) is 10.9. The number of unbranched alkanes of at least 4 members (excludes halogenated alkanes) is 1. The van der Waals surface area contributed by atoms with Gasteiger partial charge in [0, 0.05) is 24.8 Å². The van der Waals surface area contributed by atoms with Crippen LogP contribution in [0.25, 0.3) is 0 Å². The number of aryl methyl sites for hydroxylation is 3. The average molecular weight is 271 g/mol. The van der Waals surface area contributed by atoms with Gasteiger partial charge in [-0.3, -0.25) is 4.68 Å². The number of benzene rings is 1. The molecule has 0 aliphatic carbocycles. The molecule has 0 aliphatic heterocycles. The minimum absolute atomic E-state index is 0.927. The van der Waals surface area contributed by atoms with Crippen molar-refractivity contribution in [2.75, 3.05) is 6.54 Å². The van der Waals surface area contributed by atoms with Crippen LogP contribution in [0.4, 0.5) is 0 Å². The number of hydrogen-bond donors (Lipinski definition) is 1. The van der Waals surface area contributed by atoms with Crippen molar-refractivity contribution >= 4 is 0 Å². The zero-order valence-electron chi connectivity index (χ0n) is 12.8. The van der Waals surface area contributed by atoms with E-state index in [1.54, 1.807) is 0 Å². The molecule has 0 radical (unpaired) electrons. The van der Waals surface area contributed by atoms with Crippen LogP contribution in [-0.4, -0.2) is 16.3 Å². The highest BCUT2D eigenvalue weighted by Gasteiger charge is 2.07. The lowest BCUT2D eigenvalue weighted by Crippen LogP contribution is -2.16. The summed E-state index contributed by atoms with van der Waals surface area (Å²) in [5.74, 6) is 0. The fourth-order valence-electron chi connectivity index (χ4n) is 2.51. The molecule has 1 N–H and O–H groups in total. The Labute approximate surface area is 122 Å². The summed E-state index contributed by atoms with van der Waals surface area (Å²) in [6, 6.07) is 10.7. The molecular formula is C17H25N3. The van der Waals surface area contributed by atoms with Crippen molar-refractivity contribution in [2.24, 2.45) is 7.05 Å². The molecule has 0 bridgehead atoms. The molecule has 20 heavy (non-hydrogen) atoms. The van der Waals surface area contributed by atoms with E-state index < -0.39 is 0 Å². The first-order valence-corrected chi connectivity index (χ1v) is 7.42. The number of nitrogens with zero attached hydrogens (tertiary/aromatic N) is 2. The number of hydrogen-bond acceptors (Lipinski definition) is 2. The van der Waals surface area contributed by atoms with Gasteiger partial charge in [0.2, 0.25) is 0 Å². The molecular weight excluding hydrogens is 246 g/mol. The Morgan fingerprint density at radius 2 is 1.85 bits per heavy atom. The second kappa shape index (κ2) is 7.25. The van der Waals surface area contributed by atoms with Gasteiger partial charge in [0.1, 0.15) is 0 Å². The van der Waals surface area contributed by atoms with Gasteiger partial charge in [-0.25, -0.2) is 0 Å². The van der Waals surface area contributed by atoms with E-state index in [0.717, 1.165) is 18.8 Å². The van der Waals surface area contributed by atoms with Gasteiger partial charge in [0.05, 0.1) is 5.69 Å². The molecule has 0 spiro atoms. The maximum Gasteiger partial charge on any atom is 0.0641 e. The van der Waals surface area contributed by atoms with Crippen LogP contribution < -0.4 is 5.32 Å². The smallest absolute Gasteiger partial charge is 0.0641 e. The maximum atomic E-state index is 4.44. The Morgan fingerprint density at radius 3 is 2.50 bits per heavy atom. The standard InChI is InChI=1S/C17H25N3/c1-14-17(15(2)20(3)19-14)13-18-12-8-7-11-16-9-5-4-6-10-16/h4-6,9-10,18H,7-8,11-13H2,1-3H3. The van der Waals surface area contributed by atoms with Crippen LogP contribution in [0.15, 0.2) is 30.3 Å². The molecule has 0 fully saturated rings. The summed E-state index contributed by atoms with van der Waals surface area (Å²) in [5, 5.41) is 7.97. The second-order valence-corrected chi connectivity index (χ2v) is 5.39. The molecule has 3 nitrogen and oxygen atoms in total. The van der Waals surface area contributed by atoms with E-state index in [9.17, 15) is 0 Å². The molecule has 0 saturated carbocycles. The van der Waals surface area contributed by atoms with E-state index in [1.165, 1.54) is 36.1 Å². The zero-order chi connectivity index (χ0) is 14.4. The SMILES string of the molecule is Cc1nn(C)c(C)c1CNCCCCc1ccccc1. The van der Waals surface area contributed by atoms with Crippen molar-refractivity contribution in [1.82, 2.24) is 15.1 Å². The highest BCUT2D eigenvalue weighted by molar-refractivity contribution is 5.23. The Balaban J connectivity index is 1.64. The fraction of sp³-hybridized carbons (Fsp3) is 0.471. The first-order valence-electron chi connectivity index (χ1n) is 7.42. The Kier molecular flexibility index (Phi) is 5.36. The number of nitrogens with one attached hydrogen (secondary N) is 1. The van der Waals surface area contributed by atoms with Crippen LogP contribution in [0.2, 0.25) is 0 Å². The highest BCUT2D eigenvalue weighted by atomic mass is 15.3. The van der Waals surface area contributed by atoms with Crippen molar-refractivity contribution in [3.8, 4) is 0 Å². The lowest BCUT2D eigenvalue weighted by molar-refractivity contribution is 0.619. The van der Waals surface area contributed by atoms with Gasteiger partial charge in [-0.1, -0.05) is 30.3 Å². The van der Waals surface area contributed by atoms with Gasteiger partial charge < -0.3 is 5.32 Å². The summed E-state index contributed by atoms with van der Waals surface area (Å²) in [6.45, 7) is 6.21. The van der Waals surface area contributed by atoms with E-state index in [1.807, 2.05) is 11.7 Å². The molecule has 0 atom stereocenters. The fourth-order valence-corrected chi connectivity index (χ4v) is 2.51. The predicted molar refractivity (Wildman–Crippen MR) is 83.8 cm³/mol. The third kappa shape index (κ3) is 3.94. The maximum absolute atomic E-state index is 4.44. The third-order valence-corrected chi connectivity index (χ3v) is 3.87. The lowest BCUT2D eigenvalue weighted by Gasteiger charge is -2.06. The van der Waals surface area contributed by atoms with E-state index >= 15 is 0 Å². The molecule has 2 aromatic rings. The van der Waals surface area contributed by atoms with E-state index in [0.29, 0.717) is 0 Å². The van der Waals surface area contributed by atoms with Gasteiger partial charge in [-0.2, -0.15) is 5.10 Å². The van der Waals surface area contributed by atoms with Gasteiger partial charge in [-0.05, 0) is 45.2 Å². The van der Waals surface area contributed by atoms with Crippen LogP contribution in [0.3, 0.4) is 0 Å². The van der Waals surface area contributed by atoms with Crippen LogP contribution in [0, 0.1) is 13.8 Å². The van der Waals surface area contributed by atoms with Crippen molar-refractivity contribution < 1.29 is 0 Å². The van der Waals surface area contributed by atoms with Gasteiger partial charge in [-0.15, -0.1) is 0 Å². The van der Waals surface area contributed by atoms with Crippen LogP contribution in [0.5, 0.6) is 0 Å². The summed E-state index contributed by atoms with van der Waals surface area (Å²) in [6.07, 6.45) is 3.63. The largest absolute Gasteiger partial charge is 0.313 e. The van der Waals surface area contributed by atoms with E-state index in [2.05, 4.69) is 54.6 Å². The molecule has 0 saturated heterocycles. The minimum Gasteiger partial charge on any atom is -0.313 e. The molecule has 108 valence electrons. The van der Waals surface area contributed by atoms with Crippen LogP contribution in [0.1, 0.15) is 35.4 Å². The van der Waals surface area contributed by atoms with Crippen molar-refractivity contribution in [1.29, 1.82) is 0 Å². The van der Waals surface area contributed by atoms with Gasteiger partial charge in [0.15, 0.2) is 0 Å². The van der Waals surface area contributed by atoms with Crippen LogP contribution >= 0.6 is 0 Å². The third-order valence-electron chi connectivity index (χ3n) is 3.87. The summed E-state index contributed by atoms with van der Waals surface area (Å²) in [7, 11) is 2.01. The molecule has 0 unspecified atom stereocenters. The van der Waals surface area contributed by atoms with Gasteiger partial charge in [0.25, 0.3) is 0 Å². The lowest BCUT2D eigenvalue weighted by atomic mass is 10.1. The molecule has 1 aromatic carbocycles. The highest BCUT2D eigenvalue weighted by Crippen LogP contribution is 2.11. The van der Waals surface area contributed by atoms with Crippen molar-refractivity contribution in [3.63, 3.8) is 0 Å². The van der Waals surface area contributed by atoms with E-state index in [-0.39, 0.29) is 0 Å². The predicted octanol–water partition coefficient (Wildman–Crippen LogP) is 3.15. The summed E-state index contributed by atoms with van der Waals surface area (Å²) in [4.78, 5) is 0. The van der Waals surface area contributed by atoms with Crippen molar-refractivity contribution in [3.05, 3.63) is 52.8 Å². The average Bonchev–Trinajstić information content (AvgIpc) is 2.69. The molecule has 0 amide bonds. The molecule has 1 heterocycles. The quantitative estimate of drug-likeness (QED) is 0.784. The topological polar surface area (TPSA) is 29.9 Å². The Bertz CT molecular complexity index is 529. The number of aromatic nitrogens is 2. The zero-order valence-corrected chi connectivity index (χ0v) is 12.8. The minimum atomic E-state index is 0.927. The monoisotopic (exact) mass is 271 g/mol. The first-order chi connectivity index (χ1) is 9.68. The summed E-state index contributed by atoms with van der Waals surface area (Å²) in [5.41, 5.74) is 5.18. The Hall–Kier alpha value is -1.61.